The van der Waals surface area contributed by atoms with Crippen molar-refractivity contribution in [3.63, 3.8) is 0 Å². The molecule has 0 aromatic heterocycles. The predicted molar refractivity (Wildman–Crippen MR) is 113 cm³/mol. The molecule has 0 amide bonds. The number of hydrogen-bond acceptors (Lipinski definition) is 14. The molecular weight excluding hydrogens is 521 g/mol. The van der Waals surface area contributed by atoms with Crippen LogP contribution in [0.25, 0.3) is 34.4 Å². The van der Waals surface area contributed by atoms with E-state index in [2.05, 4.69) is 5.32 Å². The second kappa shape index (κ2) is 64.0. The van der Waals surface area contributed by atoms with Gasteiger partial charge in [0.25, 0.3) is 0 Å². The number of rotatable bonds is 6. The van der Waals surface area contributed by atoms with E-state index in [9.17, 15) is 10.2 Å². The molecule has 9 N–H and O–H groups in total. The molecule has 0 saturated heterocycles. The number of carbonyl (C=O) groups is 4. The van der Waals surface area contributed by atoms with Gasteiger partial charge in [0.05, 0.1) is 23.9 Å². The minimum atomic E-state index is -2.19. The van der Waals surface area contributed by atoms with Gasteiger partial charge in [-0.3, -0.25) is 0 Å². The van der Waals surface area contributed by atoms with Crippen molar-refractivity contribution >= 4 is 76.1 Å². The van der Waals surface area contributed by atoms with Gasteiger partial charge >= 0.3 is 52.3 Å². The first kappa shape index (κ1) is 59.5. The quantitative estimate of drug-likeness (QED) is 0.177. The normalized spacial score (nSPS) is 7.17. The van der Waals surface area contributed by atoms with Gasteiger partial charge in [0, 0.05) is 13.1 Å². The Bertz CT molecular complexity index is 425. The Balaban J connectivity index is -0.0000000340. The van der Waals surface area contributed by atoms with Crippen LogP contribution in [0.4, 0.5) is 0 Å². The van der Waals surface area contributed by atoms with E-state index >= 15 is 0 Å². The fourth-order valence-corrected chi connectivity index (χ4v) is 0.201. The number of carbonyl (C=O) groups excluding carboxylic acids is 6. The summed E-state index contributed by atoms with van der Waals surface area (Å²) in [6, 6.07) is 0. The van der Waals surface area contributed by atoms with Gasteiger partial charge in [0.15, 0.2) is 0 Å². The zero-order chi connectivity index (χ0) is 29.0. The van der Waals surface area contributed by atoms with Crippen molar-refractivity contribution in [2.45, 2.75) is 6.41 Å². The first-order chi connectivity index (χ1) is 15.7. The molecule has 0 aliphatic carbocycles. The van der Waals surface area contributed by atoms with Crippen LogP contribution in [0.15, 0.2) is 0 Å². The van der Waals surface area contributed by atoms with Crippen molar-refractivity contribution in [1.82, 2.24) is 5.32 Å². The summed E-state index contributed by atoms with van der Waals surface area (Å²) in [6.45, 7) is 2.05. The minimum absolute atomic E-state index is 0. The number of carboxylic acid groups (broad SMARTS) is 4. The van der Waals surface area contributed by atoms with E-state index < -0.39 is 30.3 Å². The molecule has 0 saturated carbocycles. The average Bonchev–Trinajstić information content (AvgIpc) is 2.79. The molecule has 0 aromatic rings. The summed E-state index contributed by atoms with van der Waals surface area (Å²) >= 11 is 0. The van der Waals surface area contributed by atoms with Gasteiger partial charge < -0.3 is 95.3 Å². The average molecular weight is 547 g/mol. The molecule has 0 spiro atoms. The van der Waals surface area contributed by atoms with E-state index in [1.165, 1.54) is 0 Å². The van der Waals surface area contributed by atoms with Crippen LogP contribution in [0.3, 0.4) is 0 Å². The van der Waals surface area contributed by atoms with Crippen LogP contribution in [0.5, 0.6) is 0 Å². The SMILES string of the molecule is NCCNC([O-])[O-].O=C([O-])C(=O)[O-].O=C([O-])C(=O)[O-].O=C=O.[Mg+2].[Mg+2].[NH-]CC[NH-].[NH-]CC[NH-].[NH-]CC[NH-]. The molecule has 0 aromatic carbocycles. The van der Waals surface area contributed by atoms with Gasteiger partial charge in [-0.05, 0) is 0 Å². The van der Waals surface area contributed by atoms with Crippen molar-refractivity contribution < 1.29 is 59.4 Å². The van der Waals surface area contributed by atoms with E-state index in [0.717, 1.165) is 0 Å². The van der Waals surface area contributed by atoms with E-state index in [4.69, 9.17) is 89.3 Å². The van der Waals surface area contributed by atoms with Gasteiger partial charge in [-0.25, -0.2) is 0 Å². The van der Waals surface area contributed by atoms with Crippen LogP contribution in [0.1, 0.15) is 0 Å². The Morgan fingerprint density at radius 1 is 0.639 bits per heavy atom. The fourth-order valence-electron chi connectivity index (χ4n) is 0.201. The largest absolute Gasteiger partial charge is 2.00 e. The maximum absolute atomic E-state index is 9.56. The van der Waals surface area contributed by atoms with Crippen molar-refractivity contribution in [3.05, 3.63) is 34.4 Å². The Labute approximate surface area is 239 Å². The Morgan fingerprint density at radius 2 is 0.806 bits per heavy atom. The number of nitrogens with one attached hydrogen (secondary N) is 7. The second-order valence-electron chi connectivity index (χ2n) is 3.81. The molecule has 206 valence electrons. The number of carboxylic acids is 4. The molecular formula is C14H26Mg2N8O12-8. The summed E-state index contributed by atoms with van der Waals surface area (Å²) < 4.78 is 0. The molecule has 0 unspecified atom stereocenters. The third-order valence-corrected chi connectivity index (χ3v) is 1.16. The summed E-state index contributed by atoms with van der Waals surface area (Å²) in [5.41, 5.74) is 42.5. The molecule has 20 nitrogen and oxygen atoms in total. The molecule has 0 heterocycles. The second-order valence-corrected chi connectivity index (χ2v) is 3.81. The zero-order valence-electron chi connectivity index (χ0n) is 19.1. The fraction of sp³-hybridized carbons (Fsp3) is 0.643. The van der Waals surface area contributed by atoms with Crippen molar-refractivity contribution in [2.24, 2.45) is 5.73 Å². The van der Waals surface area contributed by atoms with E-state index in [0.29, 0.717) is 13.1 Å². The molecule has 36 heavy (non-hydrogen) atoms. The topological polar surface area (TPSA) is 422 Å². The van der Waals surface area contributed by atoms with Gasteiger partial charge in [0.2, 0.25) is 0 Å². The van der Waals surface area contributed by atoms with Crippen molar-refractivity contribution in [2.75, 3.05) is 52.4 Å². The van der Waals surface area contributed by atoms with Crippen LogP contribution >= 0.6 is 0 Å². The molecule has 0 rings (SSSR count). The number of aliphatic carboxylic acids is 4. The minimum Gasteiger partial charge on any atom is -0.854 e. The predicted octanol–water partition coefficient (Wildman–Crippen LogP) is -8.56. The van der Waals surface area contributed by atoms with Gasteiger partial charge in [-0.1, -0.05) is 0 Å². The summed E-state index contributed by atoms with van der Waals surface area (Å²) in [6.07, 6.45) is -1.68. The monoisotopic (exact) mass is 546 g/mol. The van der Waals surface area contributed by atoms with Crippen LogP contribution < -0.4 is 41.7 Å². The number of hydrogen-bond donors (Lipinski definition) is 2. The molecule has 0 aliphatic heterocycles. The molecule has 0 fully saturated rings. The summed E-state index contributed by atoms with van der Waals surface area (Å²) in [7, 11) is 0. The Morgan fingerprint density at radius 3 is 0.833 bits per heavy atom. The Hall–Kier alpha value is -1.61. The first-order valence-corrected chi connectivity index (χ1v) is 8.18. The van der Waals surface area contributed by atoms with E-state index in [1.54, 1.807) is 0 Å². The van der Waals surface area contributed by atoms with E-state index in [-0.39, 0.29) is 91.5 Å². The van der Waals surface area contributed by atoms with Gasteiger partial charge in [-0.2, -0.15) is 55.3 Å². The van der Waals surface area contributed by atoms with Crippen LogP contribution in [-0.2, 0) is 28.8 Å². The van der Waals surface area contributed by atoms with Crippen LogP contribution in [0, 0.1) is 0 Å². The molecule has 22 heteroatoms. The molecule has 0 atom stereocenters. The van der Waals surface area contributed by atoms with Gasteiger partial charge in [0.1, 0.15) is 0 Å². The number of nitrogens with two attached hydrogens (primary N) is 1. The van der Waals surface area contributed by atoms with Crippen LogP contribution in [-0.4, -0.2) is 135 Å². The smallest absolute Gasteiger partial charge is 0.854 e. The third-order valence-electron chi connectivity index (χ3n) is 1.16. The van der Waals surface area contributed by atoms with Crippen LogP contribution in [0.2, 0.25) is 0 Å². The molecule has 0 aliphatic rings. The summed E-state index contributed by atoms with van der Waals surface area (Å²) in [5, 5.41) is 56.9. The van der Waals surface area contributed by atoms with Crippen molar-refractivity contribution in [3.8, 4) is 0 Å². The van der Waals surface area contributed by atoms with Gasteiger partial charge in [-0.15, -0.1) is 0 Å². The van der Waals surface area contributed by atoms with Crippen molar-refractivity contribution in [1.29, 1.82) is 0 Å². The maximum atomic E-state index is 9.56. The standard InChI is InChI=1S/C3H8N2O2.3C2H6N2.2C2H2O4.CO2.2Mg/c4-1-2-5-3(6)7;3*3-1-2-4;2*3-1(4)2(5)6;2-1-3;;/h3,5H,1-2,4H2;3*3-4H,1-2H2;2*(H,3,4)(H,5,6);;;/q4*-2;;;;2*+2/p-4. The first-order valence-electron chi connectivity index (χ1n) is 8.18. The Kier molecular flexibility index (Phi) is 106. The van der Waals surface area contributed by atoms with E-state index in [1.807, 2.05) is 0 Å². The molecule has 0 bridgehead atoms. The third kappa shape index (κ3) is 178. The summed E-state index contributed by atoms with van der Waals surface area (Å²) in [4.78, 5) is 52.0. The zero-order valence-corrected chi connectivity index (χ0v) is 22.0. The summed E-state index contributed by atoms with van der Waals surface area (Å²) in [5.74, 6) is -8.74. The molecule has 0 radical (unpaired) electrons. The maximum Gasteiger partial charge on any atom is 2.00 e.